The van der Waals surface area contributed by atoms with Gasteiger partial charge < -0.3 is 19.3 Å². The summed E-state index contributed by atoms with van der Waals surface area (Å²) in [5.41, 5.74) is 0.238. The predicted octanol–water partition coefficient (Wildman–Crippen LogP) is 5.38. The van der Waals surface area contributed by atoms with E-state index in [9.17, 15) is 27.5 Å². The summed E-state index contributed by atoms with van der Waals surface area (Å²) in [5, 5.41) is 15.3. The quantitative estimate of drug-likeness (QED) is 0.115. The molecule has 0 radical (unpaired) electrons. The molecule has 0 saturated carbocycles. The van der Waals surface area contributed by atoms with Crippen molar-refractivity contribution in [1.29, 1.82) is 0 Å². The summed E-state index contributed by atoms with van der Waals surface area (Å²) in [6.07, 6.45) is -5.17. The molecule has 0 bridgehead atoms. The molecule has 9 nitrogen and oxygen atoms in total. The number of rotatable bonds is 10. The van der Waals surface area contributed by atoms with E-state index in [1.54, 1.807) is 6.92 Å². The lowest BCUT2D eigenvalue weighted by Crippen LogP contribution is -2.34. The van der Waals surface area contributed by atoms with Gasteiger partial charge in [0.05, 0.1) is 23.2 Å². The summed E-state index contributed by atoms with van der Waals surface area (Å²) in [6, 6.07) is 6.88. The van der Waals surface area contributed by atoms with Gasteiger partial charge in [0, 0.05) is 25.9 Å². The molecule has 3 aromatic rings. The Labute approximate surface area is 226 Å². The van der Waals surface area contributed by atoms with Gasteiger partial charge in [0.1, 0.15) is 12.4 Å². The van der Waals surface area contributed by atoms with Crippen molar-refractivity contribution >= 4 is 40.3 Å². The zero-order valence-corrected chi connectivity index (χ0v) is 22.0. The SMILES string of the molecule is CCN(C=O)/C(CO)=N\N(C)c1cc(OC(C)C(F)(F)F)c2c(Oc3c(Cl)ccc(OC)c3F)nccc2c1. The number of amidine groups is 1. The van der Waals surface area contributed by atoms with E-state index in [0.29, 0.717) is 11.8 Å². The van der Waals surface area contributed by atoms with Crippen LogP contribution in [0.25, 0.3) is 10.8 Å². The Kier molecular flexibility index (Phi) is 9.41. The molecule has 3 rings (SSSR count). The zero-order chi connectivity index (χ0) is 28.9. The van der Waals surface area contributed by atoms with Gasteiger partial charge in [-0.1, -0.05) is 11.6 Å². The maximum absolute atomic E-state index is 14.9. The molecule has 39 heavy (non-hydrogen) atoms. The van der Waals surface area contributed by atoms with E-state index in [0.717, 1.165) is 11.8 Å². The minimum atomic E-state index is -4.71. The highest BCUT2D eigenvalue weighted by atomic mass is 35.5. The van der Waals surface area contributed by atoms with Crippen LogP contribution < -0.4 is 19.2 Å². The third-order valence-electron chi connectivity index (χ3n) is 5.55. The van der Waals surface area contributed by atoms with Gasteiger partial charge in [0.2, 0.25) is 18.1 Å². The Morgan fingerprint density at radius 1 is 1.26 bits per heavy atom. The van der Waals surface area contributed by atoms with Crippen LogP contribution >= 0.6 is 11.6 Å². The number of likely N-dealkylation sites (N-methyl/N-ethyl adjacent to an activating group) is 1. The molecule has 1 N–H and O–H groups in total. The number of carbonyl (C=O) groups excluding carboxylic acids is 1. The topological polar surface area (TPSA) is 96.7 Å². The third kappa shape index (κ3) is 6.60. The van der Waals surface area contributed by atoms with Gasteiger partial charge >= 0.3 is 6.18 Å². The van der Waals surface area contributed by atoms with Gasteiger partial charge in [-0.2, -0.15) is 22.7 Å². The van der Waals surface area contributed by atoms with E-state index >= 15 is 0 Å². The number of aromatic nitrogens is 1. The van der Waals surface area contributed by atoms with Crippen LogP contribution in [0.5, 0.6) is 23.1 Å². The molecule has 210 valence electrons. The average Bonchev–Trinajstić information content (AvgIpc) is 2.90. The second-order valence-corrected chi connectivity index (χ2v) is 8.45. The van der Waals surface area contributed by atoms with Crippen LogP contribution in [0.2, 0.25) is 5.02 Å². The highest BCUT2D eigenvalue weighted by Gasteiger charge is 2.38. The van der Waals surface area contributed by atoms with Gasteiger partial charge in [-0.05, 0) is 43.5 Å². The number of anilines is 1. The standard InChI is InChI=1S/C25H25ClF4N4O5/c1-5-34(13-36)20(12-35)32-33(3)16-10-15-8-9-31-24(21(15)19(11-16)38-14(2)25(28,29)30)39-23-17(26)6-7-18(37-4)22(23)27/h6-11,13-14,35H,5,12H2,1-4H3/b32-20-. The molecular weight excluding hydrogens is 548 g/mol. The maximum atomic E-state index is 14.9. The number of carbonyl (C=O) groups is 1. The van der Waals surface area contributed by atoms with Crippen LogP contribution in [0.1, 0.15) is 13.8 Å². The van der Waals surface area contributed by atoms with E-state index in [2.05, 4.69) is 10.1 Å². The number of alkyl halides is 3. The number of hydrazone groups is 1. The van der Waals surface area contributed by atoms with Crippen molar-refractivity contribution in [2.24, 2.45) is 5.10 Å². The first-order chi connectivity index (χ1) is 18.4. The summed E-state index contributed by atoms with van der Waals surface area (Å²) in [7, 11) is 2.71. The van der Waals surface area contributed by atoms with E-state index in [-0.39, 0.29) is 45.9 Å². The van der Waals surface area contributed by atoms with Crippen molar-refractivity contribution in [2.75, 3.05) is 32.3 Å². The lowest BCUT2D eigenvalue weighted by atomic mass is 10.1. The van der Waals surface area contributed by atoms with Gasteiger partial charge in [0.15, 0.2) is 23.4 Å². The first kappa shape index (κ1) is 29.7. The van der Waals surface area contributed by atoms with Crippen molar-refractivity contribution in [3.05, 3.63) is 47.4 Å². The van der Waals surface area contributed by atoms with Crippen LogP contribution in [0, 0.1) is 5.82 Å². The first-order valence-electron chi connectivity index (χ1n) is 11.4. The number of halogens is 5. The largest absolute Gasteiger partial charge is 0.494 e. The maximum Gasteiger partial charge on any atom is 0.425 e. The third-order valence-corrected chi connectivity index (χ3v) is 5.85. The van der Waals surface area contributed by atoms with Crippen LogP contribution in [-0.2, 0) is 4.79 Å². The summed E-state index contributed by atoms with van der Waals surface area (Å²) in [6.45, 7) is 2.14. The monoisotopic (exact) mass is 572 g/mol. The summed E-state index contributed by atoms with van der Waals surface area (Å²) >= 11 is 6.12. The molecule has 2 aromatic carbocycles. The van der Waals surface area contributed by atoms with Crippen LogP contribution in [-0.4, -0.2) is 66.8 Å². The molecule has 0 aliphatic heterocycles. The molecule has 0 spiro atoms. The Balaban J connectivity index is 2.21. The lowest BCUT2D eigenvalue weighted by molar-refractivity contribution is -0.189. The Hall–Kier alpha value is -3.84. The molecule has 1 amide bonds. The fraction of sp³-hybridized carbons (Fsp3) is 0.320. The number of pyridine rings is 1. The van der Waals surface area contributed by atoms with E-state index in [4.69, 9.17) is 25.8 Å². The van der Waals surface area contributed by atoms with Crippen molar-refractivity contribution in [3.63, 3.8) is 0 Å². The highest BCUT2D eigenvalue weighted by Crippen LogP contribution is 2.43. The molecule has 1 unspecified atom stereocenters. The lowest BCUT2D eigenvalue weighted by Gasteiger charge is -2.23. The van der Waals surface area contributed by atoms with Crippen molar-refractivity contribution in [1.82, 2.24) is 9.88 Å². The fourth-order valence-corrected chi connectivity index (χ4v) is 3.62. The van der Waals surface area contributed by atoms with Crippen LogP contribution in [0.4, 0.5) is 23.2 Å². The van der Waals surface area contributed by atoms with Crippen molar-refractivity contribution in [2.45, 2.75) is 26.1 Å². The Morgan fingerprint density at radius 2 is 1.97 bits per heavy atom. The number of aliphatic hydroxyl groups is 1. The van der Waals surface area contributed by atoms with Gasteiger partial charge in [-0.25, -0.2) is 4.98 Å². The van der Waals surface area contributed by atoms with E-state index in [1.165, 1.54) is 55.7 Å². The highest BCUT2D eigenvalue weighted by molar-refractivity contribution is 6.32. The second-order valence-electron chi connectivity index (χ2n) is 8.04. The number of nitrogens with zero attached hydrogens (tertiary/aromatic N) is 4. The summed E-state index contributed by atoms with van der Waals surface area (Å²) in [4.78, 5) is 16.5. The fourth-order valence-electron chi connectivity index (χ4n) is 3.44. The predicted molar refractivity (Wildman–Crippen MR) is 137 cm³/mol. The molecular formula is C25H25ClF4N4O5. The number of hydrogen-bond acceptors (Lipinski definition) is 8. The van der Waals surface area contributed by atoms with Crippen LogP contribution in [0.15, 0.2) is 41.6 Å². The Bertz CT molecular complexity index is 1370. The number of amides is 1. The molecule has 14 heteroatoms. The minimum Gasteiger partial charge on any atom is -0.494 e. The van der Waals surface area contributed by atoms with Crippen molar-refractivity contribution in [3.8, 4) is 23.1 Å². The molecule has 0 saturated heterocycles. The second kappa shape index (κ2) is 12.3. The number of aliphatic hydroxyl groups excluding tert-OH is 1. The zero-order valence-electron chi connectivity index (χ0n) is 21.3. The molecule has 1 atom stereocenters. The van der Waals surface area contributed by atoms with Gasteiger partial charge in [-0.3, -0.25) is 14.7 Å². The molecule has 1 heterocycles. The first-order valence-corrected chi connectivity index (χ1v) is 11.8. The molecule has 0 fully saturated rings. The van der Waals surface area contributed by atoms with Crippen molar-refractivity contribution < 1.29 is 41.7 Å². The normalized spacial score (nSPS) is 12.7. The van der Waals surface area contributed by atoms with Gasteiger partial charge in [0.25, 0.3) is 0 Å². The number of hydrogen-bond donors (Lipinski definition) is 1. The van der Waals surface area contributed by atoms with E-state index < -0.39 is 30.5 Å². The Morgan fingerprint density at radius 3 is 2.56 bits per heavy atom. The summed E-state index contributed by atoms with van der Waals surface area (Å²) in [5.74, 6) is -2.13. The molecule has 1 aromatic heterocycles. The van der Waals surface area contributed by atoms with Crippen LogP contribution in [0.3, 0.4) is 0 Å². The number of benzene rings is 2. The summed E-state index contributed by atoms with van der Waals surface area (Å²) < 4.78 is 71.2. The number of methoxy groups -OCH3 is 1. The number of fused-ring (bicyclic) bond motifs is 1. The van der Waals surface area contributed by atoms with Gasteiger partial charge in [-0.15, -0.1) is 0 Å². The number of ether oxygens (including phenoxy) is 3. The average molecular weight is 573 g/mol. The van der Waals surface area contributed by atoms with E-state index in [1.807, 2.05) is 0 Å². The molecule has 0 aliphatic carbocycles. The smallest absolute Gasteiger partial charge is 0.425 e. The molecule has 0 aliphatic rings. The minimum absolute atomic E-state index is 0.00141.